The lowest BCUT2D eigenvalue weighted by Gasteiger charge is -2.36. The van der Waals surface area contributed by atoms with Crippen molar-refractivity contribution in [2.75, 3.05) is 6.54 Å². The van der Waals surface area contributed by atoms with Crippen LogP contribution in [0.15, 0.2) is 41.2 Å². The fraction of sp³-hybridized carbons (Fsp3) is 0.385. The van der Waals surface area contributed by atoms with Crippen molar-refractivity contribution in [3.8, 4) is 11.4 Å². The Bertz CT molecular complexity index is 1400. The predicted molar refractivity (Wildman–Crippen MR) is 129 cm³/mol. The summed E-state index contributed by atoms with van der Waals surface area (Å²) in [5.74, 6) is -1.41. The van der Waals surface area contributed by atoms with Crippen LogP contribution >= 0.6 is 0 Å². The largest absolute Gasteiger partial charge is 0.457 e. The van der Waals surface area contributed by atoms with E-state index < -0.39 is 23.6 Å². The molecule has 3 aromatic rings. The van der Waals surface area contributed by atoms with Gasteiger partial charge in [0.05, 0.1) is 29.0 Å². The summed E-state index contributed by atoms with van der Waals surface area (Å²) in [5.41, 5.74) is 13.2. The Morgan fingerprint density at radius 3 is 2.83 bits per heavy atom. The number of benzene rings is 1. The van der Waals surface area contributed by atoms with E-state index in [0.717, 1.165) is 22.9 Å². The van der Waals surface area contributed by atoms with Gasteiger partial charge < -0.3 is 25.5 Å². The van der Waals surface area contributed by atoms with E-state index in [1.807, 2.05) is 30.3 Å². The maximum absolute atomic E-state index is 13.5. The number of cyclic esters (lactones) is 1. The fourth-order valence-corrected chi connectivity index (χ4v) is 4.96. The standard InChI is InChI=1S/C26H28N4O5/c1-2-26(35-24(32)19(28)8-5-6-10-27)18-12-21-22-16(11-15-7-3-4-9-20(15)29-22)13-30(21)23(31)17(18)14-34-25(26)33/h3-4,7,9,11-12,19H,2,5-6,8,10,13-14,27-28H2,1H3/t19?,26-/m0/s1. The molecule has 9 nitrogen and oxygen atoms in total. The number of fused-ring (bicyclic) bond motifs is 5. The quantitative estimate of drug-likeness (QED) is 0.305. The number of esters is 2. The van der Waals surface area contributed by atoms with Crippen LogP contribution in [-0.2, 0) is 37.8 Å². The highest BCUT2D eigenvalue weighted by molar-refractivity contribution is 5.89. The Kier molecular flexibility index (Phi) is 5.90. The summed E-state index contributed by atoms with van der Waals surface area (Å²) in [7, 11) is 0. The molecule has 0 spiro atoms. The number of nitrogens with zero attached hydrogens (tertiary/aromatic N) is 2. The number of aromatic nitrogens is 2. The zero-order valence-corrected chi connectivity index (χ0v) is 19.6. The van der Waals surface area contributed by atoms with Crippen molar-refractivity contribution >= 4 is 22.8 Å². The number of rotatable bonds is 7. The second-order valence-corrected chi connectivity index (χ2v) is 9.07. The molecule has 35 heavy (non-hydrogen) atoms. The first-order valence-corrected chi connectivity index (χ1v) is 11.9. The van der Waals surface area contributed by atoms with Crippen molar-refractivity contribution in [2.24, 2.45) is 11.5 Å². The van der Waals surface area contributed by atoms with Gasteiger partial charge in [0.25, 0.3) is 5.56 Å². The molecule has 9 heteroatoms. The van der Waals surface area contributed by atoms with Gasteiger partial charge in [-0.2, -0.15) is 0 Å². The SMILES string of the molecule is CC[C@@]1(OC(=O)C(N)CCCCN)C(=O)OCc2c1cc1n(c2=O)Cc2cc3ccccc3nc2-1. The maximum atomic E-state index is 13.5. The van der Waals surface area contributed by atoms with Gasteiger partial charge in [0.1, 0.15) is 12.6 Å². The van der Waals surface area contributed by atoms with Crippen LogP contribution in [-0.4, -0.2) is 34.1 Å². The number of para-hydroxylation sites is 1. The maximum Gasteiger partial charge on any atom is 0.355 e. The van der Waals surface area contributed by atoms with Crippen molar-refractivity contribution < 1.29 is 19.1 Å². The highest BCUT2D eigenvalue weighted by Gasteiger charge is 2.50. The average Bonchev–Trinajstić information content (AvgIpc) is 3.22. The number of pyridine rings is 2. The summed E-state index contributed by atoms with van der Waals surface area (Å²) in [6, 6.07) is 10.6. The zero-order valence-electron chi connectivity index (χ0n) is 19.6. The Morgan fingerprint density at radius 2 is 2.06 bits per heavy atom. The molecule has 0 amide bonds. The van der Waals surface area contributed by atoms with Gasteiger partial charge in [-0.25, -0.2) is 9.78 Å². The Morgan fingerprint density at radius 1 is 1.26 bits per heavy atom. The van der Waals surface area contributed by atoms with Crippen molar-refractivity contribution in [3.63, 3.8) is 0 Å². The monoisotopic (exact) mass is 476 g/mol. The van der Waals surface area contributed by atoms with E-state index in [-0.39, 0.29) is 18.6 Å². The van der Waals surface area contributed by atoms with E-state index in [1.165, 1.54) is 0 Å². The van der Waals surface area contributed by atoms with Crippen LogP contribution in [0.2, 0.25) is 0 Å². The lowest BCUT2D eigenvalue weighted by molar-refractivity contribution is -0.190. The molecule has 2 aromatic heterocycles. The molecule has 2 aliphatic rings. The molecule has 2 atom stereocenters. The Balaban J connectivity index is 1.60. The molecule has 182 valence electrons. The first-order valence-electron chi connectivity index (χ1n) is 11.9. The molecular weight excluding hydrogens is 448 g/mol. The molecule has 0 bridgehead atoms. The van der Waals surface area contributed by atoms with Crippen molar-refractivity contribution in [1.82, 2.24) is 9.55 Å². The van der Waals surface area contributed by atoms with Gasteiger partial charge in [0, 0.05) is 16.5 Å². The highest BCUT2D eigenvalue weighted by atomic mass is 16.6. The molecule has 4 N–H and O–H groups in total. The van der Waals surface area contributed by atoms with Crippen LogP contribution in [0.1, 0.15) is 49.3 Å². The first kappa shape index (κ1) is 23.2. The number of hydrogen-bond donors (Lipinski definition) is 2. The van der Waals surface area contributed by atoms with E-state index in [0.29, 0.717) is 48.4 Å². The molecule has 0 saturated carbocycles. The third-order valence-electron chi connectivity index (χ3n) is 6.93. The smallest absolute Gasteiger partial charge is 0.355 e. The molecule has 0 radical (unpaired) electrons. The van der Waals surface area contributed by atoms with Crippen LogP contribution in [0, 0.1) is 0 Å². The predicted octanol–water partition coefficient (Wildman–Crippen LogP) is 2.09. The second kappa shape index (κ2) is 8.90. The average molecular weight is 477 g/mol. The van der Waals surface area contributed by atoms with E-state index in [9.17, 15) is 14.4 Å². The van der Waals surface area contributed by atoms with Crippen molar-refractivity contribution in [2.45, 2.75) is 57.4 Å². The van der Waals surface area contributed by atoms with Gasteiger partial charge >= 0.3 is 11.9 Å². The van der Waals surface area contributed by atoms with E-state index in [2.05, 4.69) is 0 Å². The topological polar surface area (TPSA) is 140 Å². The summed E-state index contributed by atoms with van der Waals surface area (Å²) < 4.78 is 12.8. The molecular formula is C26H28N4O5. The number of hydrogen-bond acceptors (Lipinski definition) is 8. The van der Waals surface area contributed by atoms with Gasteiger partial charge in [-0.05, 0) is 44.0 Å². The van der Waals surface area contributed by atoms with Crippen LogP contribution < -0.4 is 17.0 Å². The molecule has 1 unspecified atom stereocenters. The van der Waals surface area contributed by atoms with Gasteiger partial charge in [-0.3, -0.25) is 9.59 Å². The number of carbonyl (C=O) groups is 2. The minimum Gasteiger partial charge on any atom is -0.457 e. The molecule has 1 aromatic carbocycles. The van der Waals surface area contributed by atoms with E-state index in [1.54, 1.807) is 17.6 Å². The van der Waals surface area contributed by atoms with E-state index >= 15 is 0 Å². The van der Waals surface area contributed by atoms with Gasteiger partial charge in [-0.1, -0.05) is 31.5 Å². The molecule has 5 rings (SSSR count). The van der Waals surface area contributed by atoms with Crippen molar-refractivity contribution in [3.05, 3.63) is 63.4 Å². The normalized spacial score (nSPS) is 19.0. The fourth-order valence-electron chi connectivity index (χ4n) is 4.96. The number of carbonyl (C=O) groups excluding carboxylic acids is 2. The first-order chi connectivity index (χ1) is 16.9. The summed E-state index contributed by atoms with van der Waals surface area (Å²) >= 11 is 0. The summed E-state index contributed by atoms with van der Waals surface area (Å²) in [4.78, 5) is 44.3. The third-order valence-corrected chi connectivity index (χ3v) is 6.93. The molecule has 0 saturated heterocycles. The van der Waals surface area contributed by atoms with E-state index in [4.69, 9.17) is 25.9 Å². The Labute approximate surface area is 202 Å². The molecule has 0 fully saturated rings. The third kappa shape index (κ3) is 3.71. The van der Waals surface area contributed by atoms with Crippen LogP contribution in [0.5, 0.6) is 0 Å². The lowest BCUT2D eigenvalue weighted by atomic mass is 9.85. The zero-order chi connectivity index (χ0) is 24.7. The Hall–Kier alpha value is -3.56. The second-order valence-electron chi connectivity index (χ2n) is 9.07. The number of nitrogens with two attached hydrogens (primary N) is 2. The van der Waals surface area contributed by atoms with Gasteiger partial charge in [-0.15, -0.1) is 0 Å². The minimum atomic E-state index is -1.75. The van der Waals surface area contributed by atoms with Crippen LogP contribution in [0.4, 0.5) is 0 Å². The molecule has 0 aliphatic carbocycles. The molecule has 4 heterocycles. The van der Waals surface area contributed by atoms with Crippen LogP contribution in [0.25, 0.3) is 22.3 Å². The van der Waals surface area contributed by atoms with Gasteiger partial charge in [0.2, 0.25) is 5.60 Å². The van der Waals surface area contributed by atoms with Gasteiger partial charge in [0.15, 0.2) is 0 Å². The number of ether oxygens (including phenoxy) is 2. The highest BCUT2D eigenvalue weighted by Crippen LogP contribution is 2.41. The summed E-state index contributed by atoms with van der Waals surface area (Å²) in [6.07, 6.45) is 1.88. The number of unbranched alkanes of at least 4 members (excludes halogenated alkanes) is 1. The van der Waals surface area contributed by atoms with Crippen LogP contribution in [0.3, 0.4) is 0 Å². The summed E-state index contributed by atoms with van der Waals surface area (Å²) in [5, 5.41) is 0.982. The lowest BCUT2D eigenvalue weighted by Crippen LogP contribution is -2.49. The molecule has 2 aliphatic heterocycles. The van der Waals surface area contributed by atoms with Crippen molar-refractivity contribution in [1.29, 1.82) is 0 Å². The minimum absolute atomic E-state index is 0.0982. The summed E-state index contributed by atoms with van der Waals surface area (Å²) in [6.45, 7) is 2.41.